The van der Waals surface area contributed by atoms with Crippen molar-refractivity contribution < 1.29 is 13.6 Å². The summed E-state index contributed by atoms with van der Waals surface area (Å²) in [6.45, 7) is 3.02. The fourth-order valence-electron chi connectivity index (χ4n) is 1.89. The minimum absolute atomic E-state index is 0.0816. The Bertz CT molecular complexity index is 764. The fourth-order valence-corrected chi connectivity index (χ4v) is 1.89. The van der Waals surface area contributed by atoms with E-state index in [1.54, 1.807) is 25.1 Å². The first-order chi connectivity index (χ1) is 9.93. The van der Waals surface area contributed by atoms with E-state index in [0.29, 0.717) is 5.56 Å². The normalized spacial score (nSPS) is 10.0. The van der Waals surface area contributed by atoms with Crippen LogP contribution in [0.1, 0.15) is 27.0 Å². The van der Waals surface area contributed by atoms with E-state index >= 15 is 0 Å². The van der Waals surface area contributed by atoms with Gasteiger partial charge in [-0.3, -0.25) is 4.79 Å². The lowest BCUT2D eigenvalue weighted by Gasteiger charge is -2.11. The largest absolute Gasteiger partial charge is 0.322 e. The molecule has 0 aromatic heterocycles. The van der Waals surface area contributed by atoms with Crippen LogP contribution in [0.3, 0.4) is 0 Å². The number of nitrogens with one attached hydrogen (secondary N) is 1. The lowest BCUT2D eigenvalue weighted by Crippen LogP contribution is -2.15. The predicted octanol–water partition coefficient (Wildman–Crippen LogP) is 3.71. The van der Waals surface area contributed by atoms with Crippen molar-refractivity contribution in [3.8, 4) is 6.07 Å². The third-order valence-electron chi connectivity index (χ3n) is 3.16. The Morgan fingerprint density at radius 3 is 2.62 bits per heavy atom. The Labute approximate surface area is 120 Å². The molecule has 21 heavy (non-hydrogen) atoms. The Morgan fingerprint density at radius 1 is 1.24 bits per heavy atom. The molecule has 3 nitrogen and oxygen atoms in total. The van der Waals surface area contributed by atoms with Crippen LogP contribution in [0.2, 0.25) is 0 Å². The van der Waals surface area contributed by atoms with Gasteiger partial charge in [-0.25, -0.2) is 8.78 Å². The number of rotatable bonds is 2. The highest BCUT2D eigenvalue weighted by molar-refractivity contribution is 6.05. The smallest absolute Gasteiger partial charge is 0.258 e. The van der Waals surface area contributed by atoms with Crippen molar-refractivity contribution in [3.05, 3.63) is 64.2 Å². The molecule has 2 rings (SSSR count). The van der Waals surface area contributed by atoms with E-state index in [-0.39, 0.29) is 22.4 Å². The van der Waals surface area contributed by atoms with E-state index < -0.39 is 17.5 Å². The molecule has 0 radical (unpaired) electrons. The van der Waals surface area contributed by atoms with E-state index in [4.69, 9.17) is 5.26 Å². The number of hydrogen-bond acceptors (Lipinski definition) is 2. The first-order valence-corrected chi connectivity index (χ1v) is 6.20. The van der Waals surface area contributed by atoms with Gasteiger partial charge >= 0.3 is 0 Å². The van der Waals surface area contributed by atoms with Crippen molar-refractivity contribution in [2.75, 3.05) is 5.32 Å². The third kappa shape index (κ3) is 2.90. The minimum atomic E-state index is -0.686. The number of amides is 1. The van der Waals surface area contributed by atoms with Crippen LogP contribution in [0.4, 0.5) is 14.5 Å². The molecule has 2 aromatic carbocycles. The van der Waals surface area contributed by atoms with Crippen LogP contribution in [0.25, 0.3) is 0 Å². The molecule has 0 heterocycles. The Hall–Kier alpha value is -2.74. The summed E-state index contributed by atoms with van der Waals surface area (Å²) < 4.78 is 27.5. The van der Waals surface area contributed by atoms with Crippen molar-refractivity contribution in [2.45, 2.75) is 13.8 Å². The molecule has 106 valence electrons. The zero-order valence-electron chi connectivity index (χ0n) is 11.5. The Kier molecular flexibility index (Phi) is 3.99. The summed E-state index contributed by atoms with van der Waals surface area (Å²) in [7, 11) is 0. The zero-order chi connectivity index (χ0) is 15.6. The molecule has 0 atom stereocenters. The standard InChI is InChI=1S/C16H12F2N2O/c1-9-4-3-5-12(15(9)18)16(21)20-14-7-11(8-19)6-13(17)10(14)2/h3-7H,1-2H3,(H,20,21). The van der Waals surface area contributed by atoms with Crippen LogP contribution < -0.4 is 5.32 Å². The summed E-state index contributed by atoms with van der Waals surface area (Å²) in [6.07, 6.45) is 0. The molecular formula is C16H12F2N2O. The van der Waals surface area contributed by atoms with Gasteiger partial charge in [0, 0.05) is 11.3 Å². The van der Waals surface area contributed by atoms with Gasteiger partial charge in [0.2, 0.25) is 0 Å². The van der Waals surface area contributed by atoms with Crippen molar-refractivity contribution >= 4 is 11.6 Å². The predicted molar refractivity (Wildman–Crippen MR) is 74.9 cm³/mol. The van der Waals surface area contributed by atoms with Gasteiger partial charge in [-0.2, -0.15) is 5.26 Å². The topological polar surface area (TPSA) is 52.9 Å². The SMILES string of the molecule is Cc1cccc(C(=O)Nc2cc(C#N)cc(F)c2C)c1F. The molecule has 0 unspecified atom stereocenters. The van der Waals surface area contributed by atoms with Gasteiger partial charge in [0.25, 0.3) is 5.91 Å². The second kappa shape index (κ2) is 5.71. The lowest BCUT2D eigenvalue weighted by atomic mass is 10.1. The Morgan fingerprint density at radius 2 is 1.95 bits per heavy atom. The number of benzene rings is 2. The molecule has 5 heteroatoms. The van der Waals surface area contributed by atoms with Gasteiger partial charge in [0.1, 0.15) is 11.6 Å². The molecule has 0 bridgehead atoms. The number of halogens is 2. The van der Waals surface area contributed by atoms with Gasteiger partial charge in [-0.05, 0) is 37.6 Å². The summed E-state index contributed by atoms with van der Waals surface area (Å²) in [5.74, 6) is -1.91. The molecule has 0 fully saturated rings. The number of anilines is 1. The summed E-state index contributed by atoms with van der Waals surface area (Å²) >= 11 is 0. The first-order valence-electron chi connectivity index (χ1n) is 6.20. The lowest BCUT2D eigenvalue weighted by molar-refractivity contribution is 0.102. The van der Waals surface area contributed by atoms with Crippen LogP contribution >= 0.6 is 0 Å². The second-order valence-corrected chi connectivity index (χ2v) is 4.63. The van der Waals surface area contributed by atoms with Gasteiger partial charge in [0.05, 0.1) is 17.2 Å². The fraction of sp³-hybridized carbons (Fsp3) is 0.125. The van der Waals surface area contributed by atoms with Crippen LogP contribution in [-0.4, -0.2) is 5.91 Å². The summed E-state index contributed by atoms with van der Waals surface area (Å²) in [5, 5.41) is 11.3. The zero-order valence-corrected chi connectivity index (χ0v) is 11.5. The third-order valence-corrected chi connectivity index (χ3v) is 3.16. The maximum absolute atomic E-state index is 13.9. The maximum Gasteiger partial charge on any atom is 0.258 e. The summed E-state index contributed by atoms with van der Waals surface area (Å²) in [6, 6.07) is 8.69. The molecule has 0 aliphatic heterocycles. The average Bonchev–Trinajstić information content (AvgIpc) is 2.46. The molecule has 0 aliphatic rings. The maximum atomic E-state index is 13.9. The second-order valence-electron chi connectivity index (χ2n) is 4.63. The van der Waals surface area contributed by atoms with E-state index in [1.807, 2.05) is 0 Å². The molecule has 1 N–H and O–H groups in total. The van der Waals surface area contributed by atoms with Gasteiger partial charge < -0.3 is 5.32 Å². The molecule has 2 aromatic rings. The van der Waals surface area contributed by atoms with Crippen molar-refractivity contribution in [1.29, 1.82) is 5.26 Å². The number of carbonyl (C=O) groups is 1. The van der Waals surface area contributed by atoms with Crippen molar-refractivity contribution in [2.24, 2.45) is 0 Å². The van der Waals surface area contributed by atoms with Crippen LogP contribution in [0.15, 0.2) is 30.3 Å². The van der Waals surface area contributed by atoms with E-state index in [2.05, 4.69) is 5.32 Å². The monoisotopic (exact) mass is 286 g/mol. The summed E-state index contributed by atoms with van der Waals surface area (Å²) in [4.78, 5) is 12.1. The molecule has 0 aliphatic carbocycles. The van der Waals surface area contributed by atoms with Crippen LogP contribution in [-0.2, 0) is 0 Å². The van der Waals surface area contributed by atoms with E-state index in [9.17, 15) is 13.6 Å². The van der Waals surface area contributed by atoms with Crippen molar-refractivity contribution in [3.63, 3.8) is 0 Å². The van der Waals surface area contributed by atoms with E-state index in [1.165, 1.54) is 19.1 Å². The van der Waals surface area contributed by atoms with Gasteiger partial charge in [0.15, 0.2) is 0 Å². The van der Waals surface area contributed by atoms with Crippen LogP contribution in [0, 0.1) is 36.8 Å². The molecule has 0 saturated heterocycles. The van der Waals surface area contributed by atoms with Crippen LogP contribution in [0.5, 0.6) is 0 Å². The number of nitrogens with zero attached hydrogens (tertiary/aromatic N) is 1. The average molecular weight is 286 g/mol. The number of aryl methyl sites for hydroxylation is 1. The number of hydrogen-bond donors (Lipinski definition) is 1. The number of nitriles is 1. The quantitative estimate of drug-likeness (QED) is 0.915. The highest BCUT2D eigenvalue weighted by Gasteiger charge is 2.15. The molecule has 0 saturated carbocycles. The highest BCUT2D eigenvalue weighted by Crippen LogP contribution is 2.22. The van der Waals surface area contributed by atoms with Gasteiger partial charge in [-0.1, -0.05) is 12.1 Å². The molecular weight excluding hydrogens is 274 g/mol. The minimum Gasteiger partial charge on any atom is -0.322 e. The molecule has 0 spiro atoms. The number of carbonyl (C=O) groups excluding carboxylic acids is 1. The van der Waals surface area contributed by atoms with Gasteiger partial charge in [-0.15, -0.1) is 0 Å². The summed E-state index contributed by atoms with van der Waals surface area (Å²) in [5.41, 5.74) is 0.638. The van der Waals surface area contributed by atoms with Crippen molar-refractivity contribution in [1.82, 2.24) is 0 Å². The first kappa shape index (κ1) is 14.7. The molecule has 1 amide bonds. The highest BCUT2D eigenvalue weighted by atomic mass is 19.1. The Balaban J connectivity index is 2.39. The van der Waals surface area contributed by atoms with E-state index in [0.717, 1.165) is 6.07 Å².